The van der Waals surface area contributed by atoms with E-state index in [1.807, 2.05) is 6.07 Å². The number of carboxylic acid groups (broad SMARTS) is 1. The summed E-state index contributed by atoms with van der Waals surface area (Å²) in [7, 11) is 0. The number of carboxylic acids is 1. The molecule has 1 heterocycles. The molecule has 39 heavy (non-hydrogen) atoms. The Bertz CT molecular complexity index is 1550. The first-order valence-corrected chi connectivity index (χ1v) is 13.8. The zero-order valence-corrected chi connectivity index (χ0v) is 22.9. The van der Waals surface area contributed by atoms with Crippen LogP contribution in [0, 0.1) is 0 Å². The van der Waals surface area contributed by atoms with Crippen LogP contribution in [0.3, 0.4) is 0 Å². The number of carbonyl (C=O) groups is 1. The molecule has 0 aliphatic heterocycles. The third-order valence-corrected chi connectivity index (χ3v) is 8.51. The lowest BCUT2D eigenvalue weighted by Crippen LogP contribution is -2.40. The molecule has 0 spiro atoms. The third-order valence-electron chi connectivity index (χ3n) is 7.56. The van der Waals surface area contributed by atoms with Crippen LogP contribution in [0.1, 0.15) is 70.3 Å². The number of aromatic nitrogens is 1. The van der Waals surface area contributed by atoms with Crippen LogP contribution >= 0.6 is 34.8 Å². The van der Waals surface area contributed by atoms with Crippen molar-refractivity contribution in [1.82, 2.24) is 5.16 Å². The van der Waals surface area contributed by atoms with E-state index in [0.29, 0.717) is 56.4 Å². The van der Waals surface area contributed by atoms with E-state index in [4.69, 9.17) is 44.1 Å². The summed E-state index contributed by atoms with van der Waals surface area (Å²) in [5.41, 5.74) is 2.63. The molecule has 0 atom stereocenters. The molecule has 6 rings (SSSR count). The summed E-state index contributed by atoms with van der Waals surface area (Å²) >= 11 is 19.5. The summed E-state index contributed by atoms with van der Waals surface area (Å²) in [5.74, 6) is 0.699. The van der Waals surface area contributed by atoms with Crippen LogP contribution in [-0.4, -0.2) is 21.3 Å². The van der Waals surface area contributed by atoms with Gasteiger partial charge in [0.05, 0.1) is 31.8 Å². The van der Waals surface area contributed by atoms with Gasteiger partial charge in [0.2, 0.25) is 0 Å². The monoisotopic (exact) mass is 583 g/mol. The Morgan fingerprint density at radius 2 is 1.69 bits per heavy atom. The Morgan fingerprint density at radius 1 is 0.974 bits per heavy atom. The van der Waals surface area contributed by atoms with E-state index >= 15 is 0 Å². The quantitative estimate of drug-likeness (QED) is 0.217. The molecule has 0 bridgehead atoms. The summed E-state index contributed by atoms with van der Waals surface area (Å²) in [6.45, 7) is 0.189. The SMILES string of the molecule is O=C(O)c1cccc(C2CC(O)(c3ccc(OCc4c(-c5c(Cl)cccc5Cl)noc4C4CC4)cc3Cl)C2)c1. The molecule has 1 aromatic heterocycles. The second-order valence-corrected chi connectivity index (χ2v) is 11.5. The van der Waals surface area contributed by atoms with Crippen LogP contribution in [-0.2, 0) is 12.2 Å². The molecule has 0 radical (unpaired) electrons. The normalized spacial score (nSPS) is 20.5. The fourth-order valence-electron chi connectivity index (χ4n) is 5.30. The number of halogens is 3. The van der Waals surface area contributed by atoms with Gasteiger partial charge < -0.3 is 19.5 Å². The lowest BCUT2D eigenvalue weighted by atomic mass is 9.65. The van der Waals surface area contributed by atoms with E-state index in [1.165, 1.54) is 0 Å². The minimum atomic E-state index is -1.10. The number of rotatable bonds is 8. The van der Waals surface area contributed by atoms with Crippen molar-refractivity contribution in [2.75, 3.05) is 0 Å². The number of benzene rings is 3. The van der Waals surface area contributed by atoms with Crippen molar-refractivity contribution in [3.8, 4) is 17.0 Å². The number of hydrogen-bond acceptors (Lipinski definition) is 5. The smallest absolute Gasteiger partial charge is 0.335 e. The van der Waals surface area contributed by atoms with E-state index < -0.39 is 11.6 Å². The predicted molar refractivity (Wildman–Crippen MR) is 149 cm³/mol. The van der Waals surface area contributed by atoms with E-state index in [0.717, 1.165) is 29.7 Å². The molecule has 2 fully saturated rings. The number of nitrogens with zero attached hydrogens (tertiary/aromatic N) is 1. The van der Waals surface area contributed by atoms with Crippen molar-refractivity contribution < 1.29 is 24.3 Å². The lowest BCUT2D eigenvalue weighted by Gasteiger charge is -2.44. The summed E-state index contributed by atoms with van der Waals surface area (Å²) in [5, 5.41) is 26.2. The van der Waals surface area contributed by atoms with Crippen molar-refractivity contribution in [2.24, 2.45) is 0 Å². The van der Waals surface area contributed by atoms with Gasteiger partial charge in [-0.3, -0.25) is 0 Å². The van der Waals surface area contributed by atoms with Crippen molar-refractivity contribution in [3.63, 3.8) is 0 Å². The topological polar surface area (TPSA) is 92.8 Å². The molecule has 2 saturated carbocycles. The van der Waals surface area contributed by atoms with Crippen LogP contribution in [0.5, 0.6) is 5.75 Å². The first-order valence-electron chi connectivity index (χ1n) is 12.6. The van der Waals surface area contributed by atoms with Gasteiger partial charge in [0, 0.05) is 17.0 Å². The molecule has 4 aromatic rings. The number of hydrogen-bond donors (Lipinski definition) is 2. The number of aliphatic hydroxyl groups is 1. The Morgan fingerprint density at radius 3 is 2.36 bits per heavy atom. The highest BCUT2D eigenvalue weighted by molar-refractivity contribution is 6.39. The lowest BCUT2D eigenvalue weighted by molar-refractivity contribution is -0.0549. The Kier molecular flexibility index (Phi) is 6.84. The van der Waals surface area contributed by atoms with Gasteiger partial charge >= 0.3 is 5.97 Å². The van der Waals surface area contributed by atoms with E-state index in [2.05, 4.69) is 5.16 Å². The molecule has 200 valence electrons. The van der Waals surface area contributed by atoms with E-state index in [1.54, 1.807) is 54.6 Å². The zero-order chi connectivity index (χ0) is 27.3. The predicted octanol–water partition coefficient (Wildman–Crippen LogP) is 8.22. The van der Waals surface area contributed by atoms with Crippen LogP contribution in [0.4, 0.5) is 0 Å². The Balaban J connectivity index is 1.19. The van der Waals surface area contributed by atoms with Crippen molar-refractivity contribution >= 4 is 40.8 Å². The molecule has 2 N–H and O–H groups in total. The van der Waals surface area contributed by atoms with Crippen molar-refractivity contribution in [2.45, 2.75) is 49.7 Å². The standard InChI is InChI=1S/C30H24Cl3NO5/c31-23-5-2-6-24(32)26(23)27-21(28(39-34-27)16-7-8-16)15-38-20-9-10-22(25(33)12-20)30(37)13-19(14-30)17-3-1-4-18(11-17)29(35)36/h1-6,9-12,16,19,37H,7-8,13-15H2,(H,35,36). The number of ether oxygens (including phenoxy) is 1. The first kappa shape index (κ1) is 26.2. The van der Waals surface area contributed by atoms with Crippen LogP contribution in [0.15, 0.2) is 65.2 Å². The van der Waals surface area contributed by atoms with E-state index in [-0.39, 0.29) is 18.1 Å². The minimum absolute atomic E-state index is 0.0470. The molecule has 3 aromatic carbocycles. The Labute approximate surface area is 240 Å². The van der Waals surface area contributed by atoms with Gasteiger partial charge in [0.15, 0.2) is 0 Å². The van der Waals surface area contributed by atoms with Gasteiger partial charge in [-0.05, 0) is 73.6 Å². The molecule has 0 unspecified atom stereocenters. The second kappa shape index (κ2) is 10.2. The minimum Gasteiger partial charge on any atom is -0.489 e. The average molecular weight is 585 g/mol. The first-order chi connectivity index (χ1) is 18.7. The van der Waals surface area contributed by atoms with Gasteiger partial charge in [-0.25, -0.2) is 4.79 Å². The summed E-state index contributed by atoms with van der Waals surface area (Å²) in [6, 6.07) is 17.4. The molecule has 0 amide bonds. The fourth-order valence-corrected chi connectivity index (χ4v) is 6.23. The molecule has 2 aliphatic carbocycles. The summed E-state index contributed by atoms with van der Waals surface area (Å²) < 4.78 is 11.8. The molecule has 6 nitrogen and oxygen atoms in total. The van der Waals surface area contributed by atoms with Crippen molar-refractivity contribution in [1.29, 1.82) is 0 Å². The molecule has 9 heteroatoms. The van der Waals surface area contributed by atoms with Gasteiger partial charge in [-0.2, -0.15) is 0 Å². The molecular formula is C30H24Cl3NO5. The van der Waals surface area contributed by atoms with Crippen LogP contribution in [0.2, 0.25) is 15.1 Å². The molecule has 2 aliphatic rings. The van der Waals surface area contributed by atoms with Gasteiger partial charge in [-0.15, -0.1) is 0 Å². The van der Waals surface area contributed by atoms with Crippen LogP contribution in [0.25, 0.3) is 11.3 Å². The average Bonchev–Trinajstić information content (AvgIpc) is 3.66. The maximum absolute atomic E-state index is 11.3. The van der Waals surface area contributed by atoms with Crippen molar-refractivity contribution in [3.05, 3.63) is 104 Å². The second-order valence-electron chi connectivity index (χ2n) is 10.2. The number of aromatic carboxylic acids is 1. The van der Waals surface area contributed by atoms with E-state index in [9.17, 15) is 15.0 Å². The highest BCUT2D eigenvalue weighted by Gasteiger charge is 2.45. The van der Waals surface area contributed by atoms with Crippen LogP contribution < -0.4 is 4.74 Å². The molecular weight excluding hydrogens is 561 g/mol. The summed E-state index contributed by atoms with van der Waals surface area (Å²) in [6.07, 6.45) is 2.95. The molecule has 0 saturated heterocycles. The largest absolute Gasteiger partial charge is 0.489 e. The third kappa shape index (κ3) is 5.03. The van der Waals surface area contributed by atoms with Gasteiger partial charge in [0.1, 0.15) is 23.8 Å². The maximum atomic E-state index is 11.3. The van der Waals surface area contributed by atoms with Gasteiger partial charge in [-0.1, -0.05) is 64.2 Å². The highest BCUT2D eigenvalue weighted by atomic mass is 35.5. The highest BCUT2D eigenvalue weighted by Crippen LogP contribution is 2.53. The zero-order valence-electron chi connectivity index (χ0n) is 20.7. The van der Waals surface area contributed by atoms with Gasteiger partial charge in [0.25, 0.3) is 0 Å². The fraction of sp³-hybridized carbons (Fsp3) is 0.267. The summed E-state index contributed by atoms with van der Waals surface area (Å²) in [4.78, 5) is 11.3. The maximum Gasteiger partial charge on any atom is 0.335 e. The Hall–Kier alpha value is -3.03.